The van der Waals surface area contributed by atoms with Crippen molar-refractivity contribution >= 4 is 23.2 Å². The third-order valence-electron chi connectivity index (χ3n) is 1.59. The fourth-order valence-electron chi connectivity index (χ4n) is 1.07. The molecule has 0 fully saturated rings. The van der Waals surface area contributed by atoms with Crippen LogP contribution < -0.4 is 0 Å². The molecule has 1 nitrogen and oxygen atoms in total. The van der Waals surface area contributed by atoms with Crippen molar-refractivity contribution < 1.29 is 32.4 Å². The Morgan fingerprint density at radius 1 is 1.00 bits per heavy atom. The Labute approximate surface area is 111 Å². The van der Waals surface area contributed by atoms with Crippen molar-refractivity contribution in [3.8, 4) is 0 Å². The molecule has 72 valence electrons. The zero-order valence-corrected chi connectivity index (χ0v) is 13.0. The summed E-state index contributed by atoms with van der Waals surface area (Å²) in [6.45, 7) is 0. The van der Waals surface area contributed by atoms with E-state index < -0.39 is 0 Å². The Hall–Kier alpha value is -0.128. The predicted molar refractivity (Wildman–Crippen MR) is 58.2 cm³/mol. The molecule has 0 saturated heterocycles. The molecule has 0 amide bonds. The molecule has 14 heavy (non-hydrogen) atoms. The average molecular weight is 308 g/mol. The molecule has 0 heterocycles. The van der Waals surface area contributed by atoms with Gasteiger partial charge in [-0.25, -0.2) is 0 Å². The maximum absolute atomic E-state index is 7.00. The summed E-state index contributed by atoms with van der Waals surface area (Å²) in [5.41, 5.74) is 0. The van der Waals surface area contributed by atoms with Gasteiger partial charge in [0.2, 0.25) is 0 Å². The second-order valence-electron chi connectivity index (χ2n) is 2.27. The Kier molecular flexibility index (Phi) is 11.0. The molecule has 0 radical (unpaired) electrons. The molecule has 0 saturated carbocycles. The van der Waals surface area contributed by atoms with Crippen molar-refractivity contribution in [1.82, 2.24) is 0 Å². The third-order valence-corrected chi connectivity index (χ3v) is 1.59. The minimum absolute atomic E-state index is 0. The van der Waals surface area contributed by atoms with Crippen molar-refractivity contribution in [2.75, 3.05) is 7.11 Å². The first-order valence-electron chi connectivity index (χ1n) is 3.76. The first kappa shape index (κ1) is 16.3. The Bertz CT molecular complexity index is 286. The smallest absolute Gasteiger partial charge is 0.0319 e. The van der Waals surface area contributed by atoms with E-state index in [9.17, 15) is 0 Å². The summed E-state index contributed by atoms with van der Waals surface area (Å²) in [5.74, 6) is 0. The molecule has 0 unspecified atom stereocenters. The fraction of sp³-hybridized carbons (Fsp3) is 0.0909. The van der Waals surface area contributed by atoms with E-state index in [0.29, 0.717) is 0 Å². The van der Waals surface area contributed by atoms with Crippen molar-refractivity contribution in [2.45, 2.75) is 0 Å². The van der Waals surface area contributed by atoms with E-state index in [0.717, 1.165) is 7.11 Å². The summed E-state index contributed by atoms with van der Waals surface area (Å²) in [4.78, 5) is 0. The monoisotopic (exact) mass is 309 g/mol. The molecule has 0 aliphatic rings. The van der Waals surface area contributed by atoms with E-state index >= 15 is 0 Å². The van der Waals surface area contributed by atoms with E-state index in [1.807, 2.05) is 24.3 Å². The van der Waals surface area contributed by atoms with Crippen molar-refractivity contribution in [2.24, 2.45) is 0 Å². The van der Waals surface area contributed by atoms with Gasteiger partial charge in [0.1, 0.15) is 0 Å². The average Bonchev–Trinajstić information content (AvgIpc) is 2.21. The summed E-state index contributed by atoms with van der Waals surface area (Å²) in [6, 6.07) is 17.3. The van der Waals surface area contributed by atoms with Gasteiger partial charge in [-0.3, -0.25) is 0 Å². The number of hydrogen-bond donors (Lipinski definition) is 1. The Morgan fingerprint density at radius 2 is 1.57 bits per heavy atom. The molecule has 0 aromatic heterocycles. The molecule has 3 heteroatoms. The van der Waals surface area contributed by atoms with E-state index in [4.69, 9.17) is 5.11 Å². The molecule has 0 atom stereocenters. The van der Waals surface area contributed by atoms with Crippen LogP contribution in [0.2, 0.25) is 0 Å². The van der Waals surface area contributed by atoms with Crippen LogP contribution in [0.15, 0.2) is 42.5 Å². The maximum Gasteiger partial charge on any atom is 0.0319 e. The minimum atomic E-state index is 0. The van der Waals surface area contributed by atoms with Crippen LogP contribution in [0.25, 0.3) is 10.8 Å². The number of aliphatic hydroxyl groups excluding tert-OH is 1. The zero-order chi connectivity index (χ0) is 8.81. The number of rotatable bonds is 0. The first-order chi connectivity index (χ1) is 5.97. The molecule has 2 rings (SSSR count). The van der Waals surface area contributed by atoms with Gasteiger partial charge >= 0.3 is 0 Å². The normalized spacial score (nSPS) is 7.57. The van der Waals surface area contributed by atoms with Gasteiger partial charge in [0.25, 0.3) is 0 Å². The van der Waals surface area contributed by atoms with Gasteiger partial charge in [0, 0.05) is 34.4 Å². The number of aliphatic hydroxyl groups is 1. The molecule has 0 bridgehead atoms. The van der Waals surface area contributed by atoms with Crippen LogP contribution in [0.5, 0.6) is 0 Å². The maximum atomic E-state index is 7.00. The Balaban J connectivity index is 0. The Morgan fingerprint density at radius 3 is 2.14 bits per heavy atom. The fourth-order valence-corrected chi connectivity index (χ4v) is 1.07. The molecule has 2 aromatic carbocycles. The van der Waals surface area contributed by atoms with Gasteiger partial charge in [-0.2, -0.15) is 24.3 Å². The van der Waals surface area contributed by atoms with E-state index in [1.54, 1.807) is 0 Å². The summed E-state index contributed by atoms with van der Waals surface area (Å²) in [7, 11) is 1.00. The molecular weight excluding hydrogens is 296 g/mol. The van der Waals surface area contributed by atoms with Gasteiger partial charge in [0.15, 0.2) is 0 Å². The number of hydrogen-bond acceptors (Lipinski definition) is 1. The van der Waals surface area contributed by atoms with Gasteiger partial charge in [-0.15, -0.1) is 29.2 Å². The van der Waals surface area contributed by atoms with E-state index in [-0.39, 0.29) is 39.7 Å². The molecular formula is C11H12CdClO-. The summed E-state index contributed by atoms with van der Waals surface area (Å²) >= 11 is 0. The van der Waals surface area contributed by atoms with Crippen LogP contribution in [0.3, 0.4) is 0 Å². The van der Waals surface area contributed by atoms with Crippen molar-refractivity contribution in [3.05, 3.63) is 48.5 Å². The number of halogens is 1. The minimum Gasteiger partial charge on any atom is -0.400 e. The zero-order valence-electron chi connectivity index (χ0n) is 8.10. The standard InChI is InChI=1S/C10H7.CH4O.Cd.ClH/c1-2-6-10-8-4-3-7-9(10)5-1;1-2;;/h1-3,5-8H;2H,1H3;;1H/q-1;;;. The summed E-state index contributed by atoms with van der Waals surface area (Å²) < 4.78 is 0. The summed E-state index contributed by atoms with van der Waals surface area (Å²) in [6.07, 6.45) is 0. The second kappa shape index (κ2) is 9.43. The van der Waals surface area contributed by atoms with Crippen molar-refractivity contribution in [3.63, 3.8) is 0 Å². The van der Waals surface area contributed by atoms with E-state index in [1.165, 1.54) is 10.8 Å². The number of fused-ring (bicyclic) bond motifs is 1. The summed E-state index contributed by atoms with van der Waals surface area (Å²) in [5, 5.41) is 9.53. The van der Waals surface area contributed by atoms with Gasteiger partial charge < -0.3 is 5.11 Å². The molecule has 0 aliphatic heterocycles. The second-order valence-corrected chi connectivity index (χ2v) is 2.27. The largest absolute Gasteiger partial charge is 0.400 e. The van der Waals surface area contributed by atoms with Gasteiger partial charge in [-0.1, -0.05) is 18.2 Å². The quantitative estimate of drug-likeness (QED) is 0.586. The molecule has 0 spiro atoms. The molecule has 1 N–H and O–H groups in total. The van der Waals surface area contributed by atoms with Crippen LogP contribution in [0, 0.1) is 6.07 Å². The van der Waals surface area contributed by atoms with Crippen LogP contribution in [0.4, 0.5) is 0 Å². The molecule has 0 aliphatic carbocycles. The van der Waals surface area contributed by atoms with Crippen LogP contribution in [-0.4, -0.2) is 12.2 Å². The number of benzene rings is 2. The SMILES string of the molecule is CO.Cl.[Cd].[c-]1ccc2ccccc2c1. The topological polar surface area (TPSA) is 20.2 Å². The predicted octanol–water partition coefficient (Wildman–Crippen LogP) is 2.67. The van der Waals surface area contributed by atoms with Crippen molar-refractivity contribution in [1.29, 1.82) is 0 Å². The van der Waals surface area contributed by atoms with Crippen LogP contribution in [0.1, 0.15) is 0 Å². The molecule has 2 aromatic rings. The van der Waals surface area contributed by atoms with Crippen LogP contribution in [-0.2, 0) is 27.3 Å². The van der Waals surface area contributed by atoms with Gasteiger partial charge in [-0.05, 0) is 0 Å². The van der Waals surface area contributed by atoms with Gasteiger partial charge in [0.05, 0.1) is 0 Å². The first-order valence-corrected chi connectivity index (χ1v) is 3.76. The van der Waals surface area contributed by atoms with E-state index in [2.05, 4.69) is 24.3 Å². The third kappa shape index (κ3) is 4.39. The van der Waals surface area contributed by atoms with Crippen LogP contribution >= 0.6 is 12.4 Å².